The van der Waals surface area contributed by atoms with Crippen LogP contribution in [0.1, 0.15) is 11.1 Å². The van der Waals surface area contributed by atoms with Gasteiger partial charge in [-0.3, -0.25) is 4.98 Å². The zero-order chi connectivity index (χ0) is 13.0. The second-order valence-corrected chi connectivity index (χ2v) is 4.19. The summed E-state index contributed by atoms with van der Waals surface area (Å²) >= 11 is 5.77. The molecule has 1 aromatic carbocycles. The van der Waals surface area contributed by atoms with Crippen LogP contribution < -0.4 is 10.5 Å². The first-order chi connectivity index (χ1) is 8.69. The Bertz CT molecular complexity index is 548. The number of ether oxygens (including phenoxy) is 1. The quantitative estimate of drug-likeness (QED) is 0.926. The molecule has 1 aromatic heterocycles. The first kappa shape index (κ1) is 12.8. The summed E-state index contributed by atoms with van der Waals surface area (Å²) in [6.07, 6.45) is 3.03. The summed E-state index contributed by atoms with van der Waals surface area (Å²) in [6.45, 7) is 0.480. The second kappa shape index (κ2) is 5.80. The van der Waals surface area contributed by atoms with Crippen LogP contribution in [-0.4, -0.2) is 4.98 Å². The number of benzene rings is 1. The van der Waals surface area contributed by atoms with E-state index < -0.39 is 0 Å². The van der Waals surface area contributed by atoms with E-state index in [1.807, 2.05) is 0 Å². The standard InChI is InChI=1S/C13H12ClFN2O/c14-11-4-12(7-17-6-11)18-8-10-3-9(5-16)1-2-13(10)15/h1-4,6-7H,5,8,16H2. The van der Waals surface area contributed by atoms with Crippen LogP contribution in [0.5, 0.6) is 5.75 Å². The van der Waals surface area contributed by atoms with Gasteiger partial charge in [0.2, 0.25) is 0 Å². The van der Waals surface area contributed by atoms with Crippen LogP contribution in [0.15, 0.2) is 36.7 Å². The minimum Gasteiger partial charge on any atom is -0.487 e. The minimum atomic E-state index is -0.317. The Morgan fingerprint density at radius 2 is 2.11 bits per heavy atom. The first-order valence-electron chi connectivity index (χ1n) is 5.40. The molecule has 0 saturated heterocycles. The molecule has 2 aromatic rings. The van der Waals surface area contributed by atoms with E-state index in [1.54, 1.807) is 18.2 Å². The minimum absolute atomic E-state index is 0.113. The number of nitrogens with two attached hydrogens (primary N) is 1. The van der Waals surface area contributed by atoms with Gasteiger partial charge in [0, 0.05) is 24.4 Å². The number of nitrogens with zero attached hydrogens (tertiary/aromatic N) is 1. The maximum Gasteiger partial charge on any atom is 0.139 e. The normalized spacial score (nSPS) is 10.4. The molecule has 18 heavy (non-hydrogen) atoms. The highest BCUT2D eigenvalue weighted by Crippen LogP contribution is 2.18. The fraction of sp³-hybridized carbons (Fsp3) is 0.154. The van der Waals surface area contributed by atoms with E-state index in [0.717, 1.165) is 5.56 Å². The highest BCUT2D eigenvalue weighted by atomic mass is 35.5. The van der Waals surface area contributed by atoms with E-state index in [2.05, 4.69) is 4.98 Å². The van der Waals surface area contributed by atoms with Gasteiger partial charge in [-0.1, -0.05) is 17.7 Å². The number of hydrogen-bond donors (Lipinski definition) is 1. The summed E-state index contributed by atoms with van der Waals surface area (Å²) in [6, 6.07) is 6.35. The summed E-state index contributed by atoms with van der Waals surface area (Å²) < 4.78 is 19.0. The van der Waals surface area contributed by atoms with Crippen LogP contribution in [0.25, 0.3) is 0 Å². The molecule has 0 aliphatic heterocycles. The van der Waals surface area contributed by atoms with Gasteiger partial charge in [0.05, 0.1) is 11.2 Å². The molecule has 0 bridgehead atoms. The third kappa shape index (κ3) is 3.18. The topological polar surface area (TPSA) is 48.1 Å². The Labute approximate surface area is 109 Å². The Hall–Kier alpha value is -1.65. The highest BCUT2D eigenvalue weighted by molar-refractivity contribution is 6.30. The van der Waals surface area contributed by atoms with Gasteiger partial charge in [0.25, 0.3) is 0 Å². The molecule has 2 N–H and O–H groups in total. The molecule has 5 heteroatoms. The fourth-order valence-electron chi connectivity index (χ4n) is 1.50. The van der Waals surface area contributed by atoms with E-state index >= 15 is 0 Å². The van der Waals surface area contributed by atoms with Gasteiger partial charge in [-0.25, -0.2) is 4.39 Å². The van der Waals surface area contributed by atoms with Crippen LogP contribution in [0.4, 0.5) is 4.39 Å². The molecule has 0 radical (unpaired) electrons. The zero-order valence-corrected chi connectivity index (χ0v) is 10.3. The van der Waals surface area contributed by atoms with E-state index in [1.165, 1.54) is 18.5 Å². The van der Waals surface area contributed by atoms with Crippen molar-refractivity contribution in [3.05, 3.63) is 58.6 Å². The Balaban J connectivity index is 2.10. The zero-order valence-electron chi connectivity index (χ0n) is 9.57. The summed E-state index contributed by atoms with van der Waals surface area (Å²) in [7, 11) is 0. The number of pyridine rings is 1. The molecule has 0 spiro atoms. The van der Waals surface area contributed by atoms with Crippen LogP contribution in [0.3, 0.4) is 0 Å². The maximum atomic E-state index is 13.5. The molecule has 0 saturated carbocycles. The van der Waals surface area contributed by atoms with Crippen molar-refractivity contribution in [2.75, 3.05) is 0 Å². The molecule has 1 heterocycles. The third-order valence-corrected chi connectivity index (χ3v) is 2.63. The number of halogens is 2. The Morgan fingerprint density at radius 3 is 2.83 bits per heavy atom. The lowest BCUT2D eigenvalue weighted by Gasteiger charge is -2.08. The van der Waals surface area contributed by atoms with Crippen molar-refractivity contribution >= 4 is 11.6 Å². The van der Waals surface area contributed by atoms with Crippen LogP contribution in [-0.2, 0) is 13.2 Å². The molecule has 0 aliphatic rings. The third-order valence-electron chi connectivity index (χ3n) is 2.42. The molecule has 2 rings (SSSR count). The van der Waals surface area contributed by atoms with Crippen LogP contribution in [0, 0.1) is 5.82 Å². The van der Waals surface area contributed by atoms with Crippen molar-refractivity contribution < 1.29 is 9.13 Å². The van der Waals surface area contributed by atoms with Crippen LogP contribution in [0.2, 0.25) is 5.02 Å². The summed E-state index contributed by atoms with van der Waals surface area (Å²) in [5, 5.41) is 0.476. The Morgan fingerprint density at radius 1 is 1.28 bits per heavy atom. The first-order valence-corrected chi connectivity index (χ1v) is 5.77. The average Bonchev–Trinajstić information content (AvgIpc) is 2.38. The summed E-state index contributed by atoms with van der Waals surface area (Å²) in [4.78, 5) is 3.88. The van der Waals surface area contributed by atoms with Crippen molar-refractivity contribution in [1.29, 1.82) is 0 Å². The average molecular weight is 267 g/mol. The fourth-order valence-corrected chi connectivity index (χ4v) is 1.66. The van der Waals surface area contributed by atoms with Gasteiger partial charge in [-0.15, -0.1) is 0 Å². The van der Waals surface area contributed by atoms with Gasteiger partial charge in [-0.2, -0.15) is 0 Å². The lowest BCUT2D eigenvalue weighted by Crippen LogP contribution is -2.02. The van der Waals surface area contributed by atoms with Crippen molar-refractivity contribution in [3.8, 4) is 5.75 Å². The molecule has 0 aliphatic carbocycles. The van der Waals surface area contributed by atoms with Crippen molar-refractivity contribution in [2.24, 2.45) is 5.73 Å². The molecule has 94 valence electrons. The smallest absolute Gasteiger partial charge is 0.139 e. The Kier molecular flexibility index (Phi) is 4.12. The lowest BCUT2D eigenvalue weighted by molar-refractivity contribution is 0.298. The molecule has 0 amide bonds. The van der Waals surface area contributed by atoms with E-state index in [-0.39, 0.29) is 12.4 Å². The van der Waals surface area contributed by atoms with Gasteiger partial charge in [0.1, 0.15) is 18.2 Å². The van der Waals surface area contributed by atoms with Crippen molar-refractivity contribution in [1.82, 2.24) is 4.98 Å². The molecule has 3 nitrogen and oxygen atoms in total. The monoisotopic (exact) mass is 266 g/mol. The largest absolute Gasteiger partial charge is 0.487 e. The van der Waals surface area contributed by atoms with Crippen molar-refractivity contribution in [2.45, 2.75) is 13.2 Å². The number of aromatic nitrogens is 1. The molecular formula is C13H12ClFN2O. The van der Waals surface area contributed by atoms with E-state index in [4.69, 9.17) is 22.1 Å². The van der Waals surface area contributed by atoms with E-state index in [9.17, 15) is 4.39 Å². The lowest BCUT2D eigenvalue weighted by atomic mass is 10.1. The maximum absolute atomic E-state index is 13.5. The van der Waals surface area contributed by atoms with Gasteiger partial charge in [0.15, 0.2) is 0 Å². The highest BCUT2D eigenvalue weighted by Gasteiger charge is 2.05. The predicted octanol–water partition coefficient (Wildman–Crippen LogP) is 2.91. The summed E-state index contributed by atoms with van der Waals surface area (Å²) in [5.74, 6) is 0.183. The number of rotatable bonds is 4. The van der Waals surface area contributed by atoms with Crippen LogP contribution >= 0.6 is 11.6 Å². The molecule has 0 atom stereocenters. The van der Waals surface area contributed by atoms with Gasteiger partial charge in [-0.05, 0) is 17.7 Å². The predicted molar refractivity (Wildman–Crippen MR) is 67.9 cm³/mol. The van der Waals surface area contributed by atoms with Gasteiger partial charge < -0.3 is 10.5 Å². The SMILES string of the molecule is NCc1ccc(F)c(COc2cncc(Cl)c2)c1. The van der Waals surface area contributed by atoms with E-state index in [0.29, 0.717) is 22.9 Å². The second-order valence-electron chi connectivity index (χ2n) is 3.76. The van der Waals surface area contributed by atoms with Gasteiger partial charge >= 0.3 is 0 Å². The molecular weight excluding hydrogens is 255 g/mol. The summed E-state index contributed by atoms with van der Waals surface area (Å²) in [5.41, 5.74) is 6.82. The molecule has 0 unspecified atom stereocenters. The van der Waals surface area contributed by atoms with Crippen molar-refractivity contribution in [3.63, 3.8) is 0 Å². The number of hydrogen-bond acceptors (Lipinski definition) is 3. The molecule has 0 fully saturated rings.